The van der Waals surface area contributed by atoms with E-state index in [0.29, 0.717) is 17.8 Å². The monoisotopic (exact) mass is 266 g/mol. The first-order valence-electron chi connectivity index (χ1n) is 6.73. The molecule has 0 aliphatic heterocycles. The van der Waals surface area contributed by atoms with Gasteiger partial charge >= 0.3 is 0 Å². The van der Waals surface area contributed by atoms with Crippen LogP contribution in [0.25, 0.3) is 0 Å². The molecular weight excluding hydrogens is 244 g/mol. The second-order valence-electron chi connectivity index (χ2n) is 5.36. The zero-order valence-corrected chi connectivity index (χ0v) is 12.0. The molecule has 0 saturated heterocycles. The average molecular weight is 266 g/mol. The molecule has 1 aromatic rings. The van der Waals surface area contributed by atoms with E-state index in [2.05, 4.69) is 28.8 Å². The lowest BCUT2D eigenvalue weighted by Crippen LogP contribution is -2.09. The first-order valence-corrected chi connectivity index (χ1v) is 7.88. The summed E-state index contributed by atoms with van der Waals surface area (Å²) in [5, 5.41) is 0. The number of nitrogens with zero attached hydrogens (tertiary/aromatic N) is 3. The summed E-state index contributed by atoms with van der Waals surface area (Å²) in [5.41, 5.74) is 5.79. The molecule has 0 atom stereocenters. The van der Waals surface area contributed by atoms with Gasteiger partial charge in [-0.2, -0.15) is 21.7 Å². The summed E-state index contributed by atoms with van der Waals surface area (Å²) in [5.74, 6) is 5.31. The molecule has 0 spiro atoms. The first kappa shape index (κ1) is 13.6. The summed E-state index contributed by atoms with van der Waals surface area (Å²) in [4.78, 5) is 13.1. The van der Waals surface area contributed by atoms with Gasteiger partial charge in [0.1, 0.15) is 11.6 Å². The summed E-state index contributed by atoms with van der Waals surface area (Å²) in [7, 11) is 0. The van der Waals surface area contributed by atoms with Gasteiger partial charge in [0.05, 0.1) is 5.75 Å². The van der Waals surface area contributed by atoms with Gasteiger partial charge in [0.15, 0.2) is 0 Å². The molecule has 0 bridgehead atoms. The van der Waals surface area contributed by atoms with Crippen molar-refractivity contribution in [3.8, 4) is 0 Å². The van der Waals surface area contributed by atoms with Crippen molar-refractivity contribution in [2.75, 3.05) is 11.5 Å². The van der Waals surface area contributed by atoms with E-state index in [-0.39, 0.29) is 0 Å². The Kier molecular flexibility index (Phi) is 4.80. The standard InChI is InChI=1S/C13H22N4S/c1-9(2)7-18-8-11-15-12(17-13(14)16-11)10-5-3-4-6-10/h9-10H,3-8H2,1-2H3,(H2,14,15,16,17). The van der Waals surface area contributed by atoms with E-state index in [1.807, 2.05) is 11.8 Å². The number of nitrogen functional groups attached to an aromatic ring is 1. The minimum Gasteiger partial charge on any atom is -0.368 e. The Morgan fingerprint density at radius 2 is 1.94 bits per heavy atom. The topological polar surface area (TPSA) is 64.7 Å². The summed E-state index contributed by atoms with van der Waals surface area (Å²) < 4.78 is 0. The third-order valence-corrected chi connectivity index (χ3v) is 4.48. The number of rotatable bonds is 5. The molecule has 100 valence electrons. The van der Waals surface area contributed by atoms with Gasteiger partial charge in [0.2, 0.25) is 5.95 Å². The van der Waals surface area contributed by atoms with Gasteiger partial charge in [-0.3, -0.25) is 0 Å². The van der Waals surface area contributed by atoms with Crippen molar-refractivity contribution in [1.29, 1.82) is 0 Å². The van der Waals surface area contributed by atoms with Gasteiger partial charge in [-0.1, -0.05) is 26.7 Å². The normalized spacial score (nSPS) is 16.6. The van der Waals surface area contributed by atoms with Crippen LogP contribution in [0.15, 0.2) is 0 Å². The average Bonchev–Trinajstić information content (AvgIpc) is 2.81. The maximum Gasteiger partial charge on any atom is 0.223 e. The van der Waals surface area contributed by atoms with E-state index in [1.165, 1.54) is 25.7 Å². The Morgan fingerprint density at radius 3 is 2.61 bits per heavy atom. The molecule has 4 nitrogen and oxygen atoms in total. The predicted octanol–water partition coefficient (Wildman–Crippen LogP) is 3.00. The maximum atomic E-state index is 5.79. The van der Waals surface area contributed by atoms with Crippen molar-refractivity contribution < 1.29 is 0 Å². The van der Waals surface area contributed by atoms with Crippen molar-refractivity contribution in [1.82, 2.24) is 15.0 Å². The van der Waals surface area contributed by atoms with Gasteiger partial charge in [-0.05, 0) is 24.5 Å². The zero-order valence-electron chi connectivity index (χ0n) is 11.2. The Morgan fingerprint density at radius 1 is 1.22 bits per heavy atom. The molecule has 18 heavy (non-hydrogen) atoms. The first-order chi connectivity index (χ1) is 8.65. The minimum atomic E-state index is 0.382. The Labute approximate surface area is 113 Å². The van der Waals surface area contributed by atoms with E-state index in [0.717, 1.165) is 23.2 Å². The number of aromatic nitrogens is 3. The molecule has 1 heterocycles. The van der Waals surface area contributed by atoms with Crippen LogP contribution in [-0.2, 0) is 5.75 Å². The van der Waals surface area contributed by atoms with E-state index < -0.39 is 0 Å². The van der Waals surface area contributed by atoms with Crippen LogP contribution in [0.5, 0.6) is 0 Å². The molecule has 1 aliphatic carbocycles. The van der Waals surface area contributed by atoms with Gasteiger partial charge in [0.25, 0.3) is 0 Å². The number of nitrogens with two attached hydrogens (primary N) is 1. The number of thioether (sulfide) groups is 1. The summed E-state index contributed by atoms with van der Waals surface area (Å²) in [6.07, 6.45) is 4.96. The van der Waals surface area contributed by atoms with Crippen LogP contribution in [-0.4, -0.2) is 20.7 Å². The highest BCUT2D eigenvalue weighted by molar-refractivity contribution is 7.98. The van der Waals surface area contributed by atoms with Crippen molar-refractivity contribution in [2.24, 2.45) is 5.92 Å². The fourth-order valence-electron chi connectivity index (χ4n) is 2.27. The Hall–Kier alpha value is -0.840. The van der Waals surface area contributed by atoms with Crippen LogP contribution >= 0.6 is 11.8 Å². The third kappa shape index (κ3) is 3.83. The predicted molar refractivity (Wildman–Crippen MR) is 76.4 cm³/mol. The number of hydrogen-bond donors (Lipinski definition) is 1. The smallest absolute Gasteiger partial charge is 0.223 e. The zero-order chi connectivity index (χ0) is 13.0. The van der Waals surface area contributed by atoms with Gasteiger partial charge in [-0.25, -0.2) is 4.98 Å². The van der Waals surface area contributed by atoms with Crippen molar-refractivity contribution in [3.05, 3.63) is 11.6 Å². The van der Waals surface area contributed by atoms with Crippen LogP contribution in [0, 0.1) is 5.92 Å². The fourth-order valence-corrected chi connectivity index (χ4v) is 3.17. The molecule has 1 aliphatic rings. The summed E-state index contributed by atoms with van der Waals surface area (Å²) in [6.45, 7) is 4.44. The Bertz CT molecular complexity index is 389. The van der Waals surface area contributed by atoms with Gasteiger partial charge in [-0.15, -0.1) is 0 Å². The molecule has 0 aromatic carbocycles. The Balaban J connectivity index is 2.01. The minimum absolute atomic E-state index is 0.382. The largest absolute Gasteiger partial charge is 0.368 e. The van der Waals surface area contributed by atoms with Crippen molar-refractivity contribution in [3.63, 3.8) is 0 Å². The van der Waals surface area contributed by atoms with Crippen LogP contribution in [0.3, 0.4) is 0 Å². The highest BCUT2D eigenvalue weighted by atomic mass is 32.2. The number of anilines is 1. The van der Waals surface area contributed by atoms with Crippen molar-refractivity contribution in [2.45, 2.75) is 51.2 Å². The summed E-state index contributed by atoms with van der Waals surface area (Å²) >= 11 is 1.87. The molecule has 1 aromatic heterocycles. The highest BCUT2D eigenvalue weighted by Crippen LogP contribution is 2.32. The molecule has 0 unspecified atom stereocenters. The lowest BCUT2D eigenvalue weighted by Gasteiger charge is -2.10. The van der Waals surface area contributed by atoms with Crippen molar-refractivity contribution >= 4 is 17.7 Å². The van der Waals surface area contributed by atoms with Crippen LogP contribution in [0.1, 0.15) is 57.1 Å². The highest BCUT2D eigenvalue weighted by Gasteiger charge is 2.20. The SMILES string of the molecule is CC(C)CSCc1nc(N)nc(C2CCCC2)n1. The number of hydrogen-bond acceptors (Lipinski definition) is 5. The lowest BCUT2D eigenvalue weighted by molar-refractivity contribution is 0.656. The molecule has 2 N–H and O–H groups in total. The molecule has 5 heteroatoms. The van der Waals surface area contributed by atoms with Crippen LogP contribution in [0.4, 0.5) is 5.95 Å². The molecule has 2 rings (SSSR count). The van der Waals surface area contributed by atoms with E-state index >= 15 is 0 Å². The van der Waals surface area contributed by atoms with E-state index in [4.69, 9.17) is 5.73 Å². The van der Waals surface area contributed by atoms with Crippen LogP contribution < -0.4 is 5.73 Å². The maximum absolute atomic E-state index is 5.79. The second kappa shape index (κ2) is 6.36. The lowest BCUT2D eigenvalue weighted by atomic mass is 10.1. The molecule has 0 radical (unpaired) electrons. The second-order valence-corrected chi connectivity index (χ2v) is 6.39. The molecule has 0 amide bonds. The quantitative estimate of drug-likeness (QED) is 0.887. The van der Waals surface area contributed by atoms with E-state index in [1.54, 1.807) is 0 Å². The van der Waals surface area contributed by atoms with Gasteiger partial charge in [0, 0.05) is 5.92 Å². The molecule has 1 fully saturated rings. The fraction of sp³-hybridized carbons (Fsp3) is 0.769. The van der Waals surface area contributed by atoms with Gasteiger partial charge < -0.3 is 5.73 Å². The summed E-state index contributed by atoms with van der Waals surface area (Å²) in [6, 6.07) is 0. The van der Waals surface area contributed by atoms with E-state index in [9.17, 15) is 0 Å². The molecule has 1 saturated carbocycles. The molecular formula is C13H22N4S. The van der Waals surface area contributed by atoms with Crippen LogP contribution in [0.2, 0.25) is 0 Å². The third-order valence-electron chi connectivity index (χ3n) is 3.12.